The van der Waals surface area contributed by atoms with Gasteiger partial charge in [-0.05, 0) is 49.7 Å². The number of anilines is 1. The maximum Gasteiger partial charge on any atom is 0.262 e. The molecule has 1 fully saturated rings. The summed E-state index contributed by atoms with van der Waals surface area (Å²) in [6.45, 7) is 2.78. The van der Waals surface area contributed by atoms with E-state index in [0.29, 0.717) is 0 Å². The summed E-state index contributed by atoms with van der Waals surface area (Å²) in [7, 11) is 0. The van der Waals surface area contributed by atoms with Gasteiger partial charge in [0.2, 0.25) is 0 Å². The number of rotatable bonds is 3. The minimum Gasteiger partial charge on any atom is -0.482 e. The first-order chi connectivity index (χ1) is 14.6. The van der Waals surface area contributed by atoms with Crippen LogP contribution in [0.1, 0.15) is 24.0 Å². The lowest BCUT2D eigenvalue weighted by molar-refractivity contribution is -0.118. The van der Waals surface area contributed by atoms with E-state index in [1.807, 2.05) is 24.4 Å². The minimum absolute atomic E-state index is 0.0765. The Hall–Kier alpha value is -3.30. The molecular formula is C21H25N7O2. The van der Waals surface area contributed by atoms with E-state index in [4.69, 9.17) is 16.3 Å². The van der Waals surface area contributed by atoms with Crippen molar-refractivity contribution in [3.63, 3.8) is 0 Å². The van der Waals surface area contributed by atoms with Crippen molar-refractivity contribution in [3.8, 4) is 5.75 Å². The molecule has 1 saturated heterocycles. The van der Waals surface area contributed by atoms with E-state index in [9.17, 15) is 4.79 Å². The van der Waals surface area contributed by atoms with Crippen LogP contribution in [-0.2, 0) is 11.3 Å². The summed E-state index contributed by atoms with van der Waals surface area (Å²) in [6, 6.07) is 7.94. The highest BCUT2D eigenvalue weighted by Crippen LogP contribution is 2.35. The van der Waals surface area contributed by atoms with E-state index in [2.05, 4.69) is 26.3 Å². The lowest BCUT2D eigenvalue weighted by Gasteiger charge is -2.34. The zero-order valence-electron chi connectivity index (χ0n) is 16.6. The third-order valence-corrected chi connectivity index (χ3v) is 5.93. The molecule has 9 heteroatoms. The molecule has 0 spiro atoms. The van der Waals surface area contributed by atoms with Crippen molar-refractivity contribution in [1.29, 1.82) is 0 Å². The van der Waals surface area contributed by atoms with Crippen LogP contribution in [0.25, 0.3) is 5.70 Å². The quantitative estimate of drug-likeness (QED) is 0.575. The molecular weight excluding hydrogens is 382 g/mol. The summed E-state index contributed by atoms with van der Waals surface area (Å²) < 4.78 is 5.44. The molecule has 30 heavy (non-hydrogen) atoms. The van der Waals surface area contributed by atoms with Gasteiger partial charge in [0.15, 0.2) is 6.61 Å². The van der Waals surface area contributed by atoms with Gasteiger partial charge in [-0.1, -0.05) is 6.07 Å². The summed E-state index contributed by atoms with van der Waals surface area (Å²) in [5, 5.41) is 4.39. The standard InChI is InChI=1S/C21H25N7O2/c22-19(20-15-3-6-24-21(15)25-12-28(20)23)14-4-7-27(8-5-14)10-13-1-2-17-16(9-13)26-18(29)11-30-17/h1-3,6,9,12,14,24H,4-5,7-8,10-11,22-23H2,(H,26,29)/b20-19-. The fraction of sp³-hybridized carbons (Fsp3) is 0.333. The van der Waals surface area contributed by atoms with E-state index in [1.54, 1.807) is 6.34 Å². The summed E-state index contributed by atoms with van der Waals surface area (Å²) in [4.78, 5) is 21.4. The topological polar surface area (TPSA) is 125 Å². The number of allylic oxidation sites excluding steroid dienone is 1. The Kier molecular flexibility index (Phi) is 4.68. The van der Waals surface area contributed by atoms with Crippen LogP contribution in [0.3, 0.4) is 0 Å². The second-order valence-electron chi connectivity index (χ2n) is 7.91. The zero-order valence-corrected chi connectivity index (χ0v) is 16.6. The number of aliphatic imine (C=N–C) groups is 1. The van der Waals surface area contributed by atoms with Crippen molar-refractivity contribution in [2.45, 2.75) is 19.4 Å². The average Bonchev–Trinajstić information content (AvgIpc) is 3.22. The fourth-order valence-electron chi connectivity index (χ4n) is 4.36. The van der Waals surface area contributed by atoms with Crippen molar-refractivity contribution >= 4 is 29.4 Å². The molecule has 1 amide bonds. The summed E-state index contributed by atoms with van der Waals surface area (Å²) >= 11 is 0. The number of fused-ring (bicyclic) bond motifs is 2. The Morgan fingerprint density at radius 1 is 1.27 bits per heavy atom. The Labute approximate surface area is 174 Å². The summed E-state index contributed by atoms with van der Waals surface area (Å²) in [5.74, 6) is 7.81. The number of carbonyl (C=O) groups is 1. The maximum absolute atomic E-state index is 11.6. The predicted molar refractivity (Wildman–Crippen MR) is 115 cm³/mol. The Balaban J connectivity index is 1.25. The van der Waals surface area contributed by atoms with E-state index in [0.717, 1.165) is 72.3 Å². The molecule has 0 saturated carbocycles. The summed E-state index contributed by atoms with van der Waals surface area (Å²) in [6.07, 6.45) is 5.37. The SMILES string of the molecule is N/C(=C1/c2cc[nH]c2N=CN1N)C1CCN(Cc2ccc3c(c2)NC(=O)CO3)CC1. The number of hydrazine groups is 1. The second kappa shape index (κ2) is 7.51. The molecule has 9 nitrogen and oxygen atoms in total. The maximum atomic E-state index is 11.6. The highest BCUT2D eigenvalue weighted by Gasteiger charge is 2.27. The number of benzene rings is 1. The third kappa shape index (κ3) is 3.42. The number of hydrogen-bond donors (Lipinski definition) is 4. The molecule has 3 aliphatic rings. The first-order valence-electron chi connectivity index (χ1n) is 10.1. The number of likely N-dealkylation sites (tertiary alicyclic amines) is 1. The Bertz CT molecular complexity index is 1030. The fourth-order valence-corrected chi connectivity index (χ4v) is 4.36. The van der Waals surface area contributed by atoms with Gasteiger partial charge in [-0.15, -0.1) is 0 Å². The second-order valence-corrected chi connectivity index (χ2v) is 7.91. The molecule has 5 rings (SSSR count). The minimum atomic E-state index is -0.115. The smallest absolute Gasteiger partial charge is 0.262 e. The molecule has 0 radical (unpaired) electrons. The van der Waals surface area contributed by atoms with E-state index < -0.39 is 0 Å². The number of carbonyl (C=O) groups excluding carboxylic acids is 1. The predicted octanol–water partition coefficient (Wildman–Crippen LogP) is 1.73. The van der Waals surface area contributed by atoms with Crippen LogP contribution < -0.4 is 21.6 Å². The van der Waals surface area contributed by atoms with Gasteiger partial charge in [-0.25, -0.2) is 10.8 Å². The number of nitrogens with one attached hydrogen (secondary N) is 2. The molecule has 4 heterocycles. The molecule has 156 valence electrons. The average molecular weight is 407 g/mol. The lowest BCUT2D eigenvalue weighted by atomic mass is 9.91. The molecule has 0 aliphatic carbocycles. The number of piperidine rings is 1. The highest BCUT2D eigenvalue weighted by atomic mass is 16.5. The number of nitrogens with two attached hydrogens (primary N) is 2. The number of nitrogens with zero attached hydrogens (tertiary/aromatic N) is 3. The van der Waals surface area contributed by atoms with Crippen LogP contribution in [0.15, 0.2) is 41.2 Å². The van der Waals surface area contributed by atoms with E-state index in [1.165, 1.54) is 5.01 Å². The molecule has 0 bridgehead atoms. The van der Waals surface area contributed by atoms with Gasteiger partial charge in [0.1, 0.15) is 17.9 Å². The number of hydrogen-bond acceptors (Lipinski definition) is 7. The van der Waals surface area contributed by atoms with Gasteiger partial charge in [0.05, 0.1) is 11.4 Å². The van der Waals surface area contributed by atoms with E-state index >= 15 is 0 Å². The molecule has 6 N–H and O–H groups in total. The number of H-pyrrole nitrogens is 1. The first kappa shape index (κ1) is 18.7. The van der Waals surface area contributed by atoms with Crippen molar-refractivity contribution in [2.75, 3.05) is 25.0 Å². The molecule has 1 aromatic carbocycles. The van der Waals surface area contributed by atoms with Gasteiger partial charge in [-0.2, -0.15) is 0 Å². The molecule has 1 aromatic heterocycles. The summed E-state index contributed by atoms with van der Waals surface area (Å²) in [5.41, 5.74) is 11.1. The Morgan fingerprint density at radius 2 is 2.10 bits per heavy atom. The van der Waals surface area contributed by atoms with Gasteiger partial charge in [0, 0.05) is 29.9 Å². The number of ether oxygens (including phenoxy) is 1. The van der Waals surface area contributed by atoms with Crippen LogP contribution in [0.5, 0.6) is 5.75 Å². The lowest BCUT2D eigenvalue weighted by Crippen LogP contribution is -2.38. The molecule has 3 aliphatic heterocycles. The monoisotopic (exact) mass is 407 g/mol. The molecule has 2 aromatic rings. The van der Waals surface area contributed by atoms with Crippen LogP contribution >= 0.6 is 0 Å². The molecule has 0 atom stereocenters. The van der Waals surface area contributed by atoms with E-state index in [-0.39, 0.29) is 18.4 Å². The van der Waals surface area contributed by atoms with Crippen molar-refractivity contribution < 1.29 is 9.53 Å². The van der Waals surface area contributed by atoms with Crippen molar-refractivity contribution in [3.05, 3.63) is 47.3 Å². The largest absolute Gasteiger partial charge is 0.482 e. The van der Waals surface area contributed by atoms with Gasteiger partial charge >= 0.3 is 0 Å². The highest BCUT2D eigenvalue weighted by molar-refractivity contribution is 5.95. The zero-order chi connectivity index (χ0) is 20.7. The first-order valence-corrected chi connectivity index (χ1v) is 10.1. The number of aromatic nitrogens is 1. The van der Waals surface area contributed by atoms with Crippen LogP contribution in [-0.4, -0.2) is 46.8 Å². The number of amides is 1. The van der Waals surface area contributed by atoms with Gasteiger partial charge in [0.25, 0.3) is 5.91 Å². The van der Waals surface area contributed by atoms with Crippen LogP contribution in [0.4, 0.5) is 11.5 Å². The molecule has 0 unspecified atom stereocenters. The van der Waals surface area contributed by atoms with Gasteiger partial charge < -0.3 is 20.8 Å². The number of aromatic amines is 1. The van der Waals surface area contributed by atoms with Crippen molar-refractivity contribution in [1.82, 2.24) is 14.9 Å². The van der Waals surface area contributed by atoms with Crippen LogP contribution in [0.2, 0.25) is 0 Å². The van der Waals surface area contributed by atoms with Gasteiger partial charge in [-0.3, -0.25) is 14.7 Å². The van der Waals surface area contributed by atoms with Crippen LogP contribution in [0, 0.1) is 5.92 Å². The third-order valence-electron chi connectivity index (χ3n) is 5.93. The normalized spacial score (nSPS) is 21.0. The Morgan fingerprint density at radius 3 is 2.93 bits per heavy atom. The van der Waals surface area contributed by atoms with Crippen molar-refractivity contribution in [2.24, 2.45) is 22.5 Å².